The number of hydrogen-bond donors (Lipinski definition) is 1. The van der Waals surface area contributed by atoms with E-state index in [2.05, 4.69) is 17.0 Å². The fourth-order valence-corrected chi connectivity index (χ4v) is 2.51. The van der Waals surface area contributed by atoms with Crippen molar-refractivity contribution in [2.24, 2.45) is 0 Å². The van der Waals surface area contributed by atoms with Crippen LogP contribution in [0.5, 0.6) is 0 Å². The Morgan fingerprint density at radius 3 is 2.63 bits per heavy atom. The number of benzene rings is 1. The first kappa shape index (κ1) is 20.7. The SMILES string of the molecule is C=CCCOC(C)C(=O)Nc1cc(C(F)(F)F)ccc1-n1nc(C)cc1C. The number of amides is 1. The van der Waals surface area contributed by atoms with Gasteiger partial charge in [0, 0.05) is 5.69 Å². The van der Waals surface area contributed by atoms with Crippen molar-refractivity contribution in [3.63, 3.8) is 0 Å². The van der Waals surface area contributed by atoms with E-state index in [9.17, 15) is 18.0 Å². The smallest absolute Gasteiger partial charge is 0.368 e. The van der Waals surface area contributed by atoms with E-state index in [1.165, 1.54) is 17.7 Å². The van der Waals surface area contributed by atoms with Crippen molar-refractivity contribution in [1.29, 1.82) is 0 Å². The summed E-state index contributed by atoms with van der Waals surface area (Å²) in [5.74, 6) is -0.541. The van der Waals surface area contributed by atoms with Crippen LogP contribution in [-0.2, 0) is 15.7 Å². The molecule has 1 N–H and O–H groups in total. The lowest BCUT2D eigenvalue weighted by Gasteiger charge is -2.18. The van der Waals surface area contributed by atoms with E-state index in [1.54, 1.807) is 26.0 Å². The molecule has 1 atom stereocenters. The summed E-state index contributed by atoms with van der Waals surface area (Å²) in [4.78, 5) is 12.4. The molecule has 0 saturated carbocycles. The summed E-state index contributed by atoms with van der Waals surface area (Å²) in [7, 11) is 0. The quantitative estimate of drug-likeness (QED) is 0.570. The Morgan fingerprint density at radius 1 is 1.37 bits per heavy atom. The van der Waals surface area contributed by atoms with Crippen LogP contribution >= 0.6 is 0 Å². The third kappa shape index (κ3) is 5.19. The molecule has 0 spiro atoms. The number of aromatic nitrogens is 2. The fraction of sp³-hybridized carbons (Fsp3) is 0.368. The number of hydrogen-bond acceptors (Lipinski definition) is 3. The van der Waals surface area contributed by atoms with E-state index in [0.717, 1.165) is 17.8 Å². The highest BCUT2D eigenvalue weighted by molar-refractivity contribution is 5.95. The molecule has 0 aliphatic carbocycles. The molecule has 1 unspecified atom stereocenters. The highest BCUT2D eigenvalue weighted by atomic mass is 19.4. The lowest BCUT2D eigenvalue weighted by atomic mass is 10.1. The molecule has 1 aromatic carbocycles. The average Bonchev–Trinajstić information content (AvgIpc) is 2.92. The van der Waals surface area contributed by atoms with Crippen LogP contribution in [0.4, 0.5) is 18.9 Å². The summed E-state index contributed by atoms with van der Waals surface area (Å²) in [6, 6.07) is 4.96. The number of carbonyl (C=O) groups excluding carboxylic acids is 1. The lowest BCUT2D eigenvalue weighted by Crippen LogP contribution is -2.28. The van der Waals surface area contributed by atoms with Crippen molar-refractivity contribution in [2.75, 3.05) is 11.9 Å². The molecular weight excluding hydrogens is 359 g/mol. The molecule has 27 heavy (non-hydrogen) atoms. The van der Waals surface area contributed by atoms with E-state index < -0.39 is 23.8 Å². The first-order chi connectivity index (χ1) is 12.6. The Hall–Kier alpha value is -2.61. The molecule has 146 valence electrons. The molecule has 0 saturated heterocycles. The summed E-state index contributed by atoms with van der Waals surface area (Å²) in [6.07, 6.45) is -3.14. The van der Waals surface area contributed by atoms with E-state index in [1.807, 2.05) is 0 Å². The lowest BCUT2D eigenvalue weighted by molar-refractivity contribution is -0.137. The number of ether oxygens (including phenoxy) is 1. The second-order valence-electron chi connectivity index (χ2n) is 6.15. The summed E-state index contributed by atoms with van der Waals surface area (Å²) < 4.78 is 46.2. The van der Waals surface area contributed by atoms with Gasteiger partial charge in [-0.25, -0.2) is 4.68 Å². The van der Waals surface area contributed by atoms with Crippen LogP contribution < -0.4 is 5.32 Å². The minimum atomic E-state index is -4.53. The zero-order chi connectivity index (χ0) is 20.2. The maximum atomic E-state index is 13.1. The van der Waals surface area contributed by atoms with Crippen LogP contribution in [0.3, 0.4) is 0 Å². The molecule has 1 amide bonds. The van der Waals surface area contributed by atoms with E-state index in [4.69, 9.17) is 4.74 Å². The number of carbonyl (C=O) groups is 1. The van der Waals surface area contributed by atoms with Crippen molar-refractivity contribution in [1.82, 2.24) is 9.78 Å². The number of anilines is 1. The molecule has 0 aliphatic rings. The van der Waals surface area contributed by atoms with Crippen molar-refractivity contribution in [3.8, 4) is 5.69 Å². The molecule has 2 aromatic rings. The monoisotopic (exact) mass is 381 g/mol. The van der Waals surface area contributed by atoms with E-state index in [-0.39, 0.29) is 5.69 Å². The van der Waals surface area contributed by atoms with Crippen LogP contribution in [0.15, 0.2) is 36.9 Å². The first-order valence-corrected chi connectivity index (χ1v) is 8.41. The van der Waals surface area contributed by atoms with Crippen LogP contribution in [0, 0.1) is 13.8 Å². The van der Waals surface area contributed by atoms with Crippen LogP contribution in [-0.4, -0.2) is 28.4 Å². The molecule has 8 heteroatoms. The highest BCUT2D eigenvalue weighted by Gasteiger charge is 2.31. The van der Waals surface area contributed by atoms with Gasteiger partial charge >= 0.3 is 6.18 Å². The molecular formula is C19H22F3N3O2. The van der Waals surface area contributed by atoms with Crippen LogP contribution in [0.1, 0.15) is 30.3 Å². The van der Waals surface area contributed by atoms with E-state index in [0.29, 0.717) is 24.4 Å². The third-order valence-corrected chi connectivity index (χ3v) is 3.88. The zero-order valence-corrected chi connectivity index (χ0v) is 15.4. The predicted molar refractivity (Wildman–Crippen MR) is 96.9 cm³/mol. The largest absolute Gasteiger partial charge is 0.416 e. The summed E-state index contributed by atoms with van der Waals surface area (Å²) in [5.41, 5.74) is 0.951. The van der Waals surface area contributed by atoms with Gasteiger partial charge in [0.05, 0.1) is 29.2 Å². The number of nitrogens with one attached hydrogen (secondary N) is 1. The van der Waals surface area contributed by atoms with Gasteiger partial charge in [-0.1, -0.05) is 6.08 Å². The van der Waals surface area contributed by atoms with Gasteiger partial charge in [0.25, 0.3) is 5.91 Å². The molecule has 0 radical (unpaired) electrons. The van der Waals surface area contributed by atoms with Crippen molar-refractivity contribution in [2.45, 2.75) is 39.5 Å². The van der Waals surface area contributed by atoms with Gasteiger partial charge < -0.3 is 10.1 Å². The molecule has 0 fully saturated rings. The van der Waals surface area contributed by atoms with Gasteiger partial charge in [-0.3, -0.25) is 4.79 Å². The summed E-state index contributed by atoms with van der Waals surface area (Å²) in [5, 5.41) is 6.82. The Balaban J connectivity index is 2.37. The van der Waals surface area contributed by atoms with Crippen molar-refractivity contribution >= 4 is 11.6 Å². The molecule has 0 aliphatic heterocycles. The number of rotatable bonds is 7. The number of nitrogens with zero attached hydrogens (tertiary/aromatic N) is 2. The Bertz CT molecular complexity index is 828. The van der Waals surface area contributed by atoms with E-state index >= 15 is 0 Å². The van der Waals surface area contributed by atoms with Gasteiger partial charge in [0.1, 0.15) is 6.10 Å². The van der Waals surface area contributed by atoms with Crippen molar-refractivity contribution in [3.05, 3.63) is 53.9 Å². The van der Waals surface area contributed by atoms with Gasteiger partial charge in [0.15, 0.2) is 0 Å². The number of alkyl halides is 3. The molecule has 5 nitrogen and oxygen atoms in total. The van der Waals surface area contributed by atoms with Crippen molar-refractivity contribution < 1.29 is 22.7 Å². The predicted octanol–water partition coefficient (Wildman–Crippen LogP) is 4.43. The Morgan fingerprint density at radius 2 is 2.07 bits per heavy atom. The Kier molecular flexibility index (Phi) is 6.43. The first-order valence-electron chi connectivity index (χ1n) is 8.41. The van der Waals surface area contributed by atoms with Gasteiger partial charge in [-0.05, 0) is 51.5 Å². The maximum absolute atomic E-state index is 13.1. The standard InChI is InChI=1S/C19H22F3N3O2/c1-5-6-9-27-14(4)18(26)23-16-11-15(19(20,21)22)7-8-17(16)25-13(3)10-12(2)24-25/h5,7-8,10-11,14H,1,6,9H2,2-4H3,(H,23,26). The maximum Gasteiger partial charge on any atom is 0.416 e. The van der Waals surface area contributed by atoms with Gasteiger partial charge in [0.2, 0.25) is 0 Å². The third-order valence-electron chi connectivity index (χ3n) is 3.88. The molecule has 2 rings (SSSR count). The second-order valence-corrected chi connectivity index (χ2v) is 6.15. The molecule has 0 bridgehead atoms. The topological polar surface area (TPSA) is 56.1 Å². The molecule has 1 aromatic heterocycles. The number of halogens is 3. The second kappa shape index (κ2) is 8.39. The minimum Gasteiger partial charge on any atom is -0.368 e. The fourth-order valence-electron chi connectivity index (χ4n) is 2.51. The Labute approximate surface area is 155 Å². The van der Waals surface area contributed by atoms with Gasteiger partial charge in [-0.15, -0.1) is 6.58 Å². The average molecular weight is 381 g/mol. The summed E-state index contributed by atoms with van der Waals surface area (Å²) in [6.45, 7) is 8.96. The number of aryl methyl sites for hydroxylation is 2. The normalized spacial score (nSPS) is 12.7. The summed E-state index contributed by atoms with van der Waals surface area (Å²) >= 11 is 0. The minimum absolute atomic E-state index is 0.0141. The highest BCUT2D eigenvalue weighted by Crippen LogP contribution is 2.33. The van der Waals surface area contributed by atoms with Gasteiger partial charge in [-0.2, -0.15) is 18.3 Å². The van der Waals surface area contributed by atoms with Crippen LogP contribution in [0.25, 0.3) is 5.69 Å². The molecule has 1 heterocycles. The van der Waals surface area contributed by atoms with Crippen LogP contribution in [0.2, 0.25) is 0 Å². The zero-order valence-electron chi connectivity index (χ0n) is 15.4.